The molecule has 1 aromatic rings. The quantitative estimate of drug-likeness (QED) is 0.514. The van der Waals surface area contributed by atoms with Crippen LogP contribution >= 0.6 is 22.6 Å². The Morgan fingerprint density at radius 1 is 1.40 bits per heavy atom. The minimum absolute atomic E-state index is 0.121. The third-order valence-electron chi connectivity index (χ3n) is 1.77. The van der Waals surface area contributed by atoms with Gasteiger partial charge in [0.25, 0.3) is 5.91 Å². The minimum atomic E-state index is -0.832. The van der Waals surface area contributed by atoms with Crippen LogP contribution < -0.4 is 5.32 Å². The third-order valence-corrected chi connectivity index (χ3v) is 2.53. The van der Waals surface area contributed by atoms with Crippen molar-refractivity contribution in [3.8, 4) is 0 Å². The van der Waals surface area contributed by atoms with Crippen molar-refractivity contribution in [2.45, 2.75) is 6.42 Å². The van der Waals surface area contributed by atoms with Gasteiger partial charge in [0.1, 0.15) is 11.6 Å². The fourth-order valence-corrected chi connectivity index (χ4v) is 1.42. The van der Waals surface area contributed by atoms with Crippen molar-refractivity contribution >= 4 is 28.5 Å². The molecule has 0 radical (unpaired) electrons. The van der Waals surface area contributed by atoms with Crippen LogP contribution in [0.25, 0.3) is 0 Å². The van der Waals surface area contributed by atoms with Gasteiger partial charge in [-0.1, -0.05) is 22.6 Å². The van der Waals surface area contributed by atoms with E-state index < -0.39 is 17.5 Å². The first kappa shape index (κ1) is 12.4. The Morgan fingerprint density at radius 3 is 2.73 bits per heavy atom. The molecule has 0 aliphatic heterocycles. The molecular formula is C10H10F2INO. The van der Waals surface area contributed by atoms with Gasteiger partial charge in [-0.15, -0.1) is 0 Å². The van der Waals surface area contributed by atoms with Gasteiger partial charge in [-0.05, 0) is 18.6 Å². The molecule has 1 amide bonds. The van der Waals surface area contributed by atoms with Crippen LogP contribution in [0.3, 0.4) is 0 Å². The molecule has 0 saturated carbocycles. The van der Waals surface area contributed by atoms with Crippen molar-refractivity contribution in [2.24, 2.45) is 0 Å². The van der Waals surface area contributed by atoms with Crippen molar-refractivity contribution in [3.63, 3.8) is 0 Å². The van der Waals surface area contributed by atoms with Gasteiger partial charge < -0.3 is 5.32 Å². The molecule has 0 heterocycles. The van der Waals surface area contributed by atoms with Gasteiger partial charge in [0.05, 0.1) is 5.56 Å². The predicted octanol–water partition coefficient (Wildman–Crippen LogP) is 2.52. The lowest BCUT2D eigenvalue weighted by Crippen LogP contribution is -2.25. The number of hydrogen-bond donors (Lipinski definition) is 1. The topological polar surface area (TPSA) is 29.1 Å². The third kappa shape index (κ3) is 3.73. The van der Waals surface area contributed by atoms with Crippen molar-refractivity contribution in [1.29, 1.82) is 0 Å². The van der Waals surface area contributed by atoms with Gasteiger partial charge in [-0.2, -0.15) is 0 Å². The number of amides is 1. The summed E-state index contributed by atoms with van der Waals surface area (Å²) in [5, 5.41) is 2.55. The molecule has 0 spiro atoms. The average Bonchev–Trinajstić information content (AvgIpc) is 2.17. The zero-order valence-corrected chi connectivity index (χ0v) is 10.1. The zero-order chi connectivity index (χ0) is 11.3. The first-order valence-corrected chi connectivity index (χ1v) is 5.97. The highest BCUT2D eigenvalue weighted by Crippen LogP contribution is 2.09. The maximum atomic E-state index is 13.1. The number of nitrogens with one attached hydrogen (secondary N) is 1. The molecule has 15 heavy (non-hydrogen) atoms. The largest absolute Gasteiger partial charge is 0.352 e. The Hall–Kier alpha value is -0.720. The van der Waals surface area contributed by atoms with Crippen LogP contribution in [-0.2, 0) is 0 Å². The smallest absolute Gasteiger partial charge is 0.254 e. The second kappa shape index (κ2) is 5.99. The second-order valence-corrected chi connectivity index (χ2v) is 4.00. The summed E-state index contributed by atoms with van der Waals surface area (Å²) in [5.41, 5.74) is -0.121. The molecule has 0 bridgehead atoms. The molecule has 0 aliphatic carbocycles. The molecule has 0 unspecified atom stereocenters. The molecule has 0 saturated heterocycles. The fraction of sp³-hybridized carbons (Fsp3) is 0.300. The van der Waals surface area contributed by atoms with E-state index in [1.165, 1.54) is 0 Å². The molecule has 0 aliphatic rings. The van der Waals surface area contributed by atoms with Gasteiger partial charge in [-0.25, -0.2) is 8.78 Å². The summed E-state index contributed by atoms with van der Waals surface area (Å²) in [5.74, 6) is -2.02. The van der Waals surface area contributed by atoms with Gasteiger partial charge in [0, 0.05) is 17.0 Å². The summed E-state index contributed by atoms with van der Waals surface area (Å²) < 4.78 is 26.6. The number of rotatable bonds is 4. The van der Waals surface area contributed by atoms with E-state index in [9.17, 15) is 13.6 Å². The van der Waals surface area contributed by atoms with Gasteiger partial charge in [-0.3, -0.25) is 4.79 Å². The van der Waals surface area contributed by atoms with Gasteiger partial charge in [0.15, 0.2) is 0 Å². The molecule has 0 aromatic heterocycles. The SMILES string of the molecule is O=C(NCCCI)c1ccc(F)cc1F. The van der Waals surface area contributed by atoms with Crippen molar-refractivity contribution in [2.75, 3.05) is 11.0 Å². The molecule has 0 fully saturated rings. The van der Waals surface area contributed by atoms with Crippen LogP contribution in [0.15, 0.2) is 18.2 Å². The molecular weight excluding hydrogens is 315 g/mol. The average molecular weight is 325 g/mol. The Morgan fingerprint density at radius 2 is 2.13 bits per heavy atom. The van der Waals surface area contributed by atoms with E-state index in [2.05, 4.69) is 27.9 Å². The summed E-state index contributed by atoms with van der Waals surface area (Å²) in [6, 6.07) is 2.91. The lowest BCUT2D eigenvalue weighted by molar-refractivity contribution is 0.0950. The number of hydrogen-bond acceptors (Lipinski definition) is 1. The molecule has 1 N–H and O–H groups in total. The van der Waals surface area contributed by atoms with E-state index in [4.69, 9.17) is 0 Å². The summed E-state index contributed by atoms with van der Waals surface area (Å²) >= 11 is 2.18. The summed E-state index contributed by atoms with van der Waals surface area (Å²) in [6.07, 6.45) is 0.828. The Labute approximate surface area is 100 Å². The maximum Gasteiger partial charge on any atom is 0.254 e. The number of carbonyl (C=O) groups is 1. The Bertz CT molecular complexity index is 357. The van der Waals surface area contributed by atoms with Crippen LogP contribution in [-0.4, -0.2) is 16.9 Å². The van der Waals surface area contributed by atoms with E-state index in [1.807, 2.05) is 0 Å². The first-order valence-electron chi connectivity index (χ1n) is 4.44. The first-order chi connectivity index (χ1) is 7.15. The summed E-state index contributed by atoms with van der Waals surface area (Å²) in [6.45, 7) is 0.499. The normalized spacial score (nSPS) is 10.1. The van der Waals surface area contributed by atoms with Crippen molar-refractivity contribution in [3.05, 3.63) is 35.4 Å². The van der Waals surface area contributed by atoms with Gasteiger partial charge >= 0.3 is 0 Å². The van der Waals surface area contributed by atoms with Crippen LogP contribution in [0.2, 0.25) is 0 Å². The van der Waals surface area contributed by atoms with E-state index >= 15 is 0 Å². The van der Waals surface area contributed by atoms with Gasteiger partial charge in [0.2, 0.25) is 0 Å². The Kier molecular flexibility index (Phi) is 4.93. The highest BCUT2D eigenvalue weighted by molar-refractivity contribution is 14.1. The highest BCUT2D eigenvalue weighted by Gasteiger charge is 2.11. The molecule has 2 nitrogen and oxygen atoms in total. The number of benzene rings is 1. The lowest BCUT2D eigenvalue weighted by atomic mass is 10.2. The number of carbonyl (C=O) groups excluding carboxylic acids is 1. The van der Waals surface area contributed by atoms with Crippen molar-refractivity contribution < 1.29 is 13.6 Å². The van der Waals surface area contributed by atoms with E-state index in [0.29, 0.717) is 12.6 Å². The van der Waals surface area contributed by atoms with E-state index in [1.54, 1.807) is 0 Å². The van der Waals surface area contributed by atoms with E-state index in [-0.39, 0.29) is 5.56 Å². The molecule has 1 aromatic carbocycles. The predicted molar refractivity (Wildman–Crippen MR) is 62.2 cm³/mol. The fourth-order valence-electron chi connectivity index (χ4n) is 1.04. The molecule has 1 rings (SSSR count). The minimum Gasteiger partial charge on any atom is -0.352 e. The zero-order valence-electron chi connectivity index (χ0n) is 7.90. The molecule has 82 valence electrons. The molecule has 0 atom stereocenters. The molecule has 5 heteroatoms. The lowest BCUT2D eigenvalue weighted by Gasteiger charge is -2.04. The second-order valence-electron chi connectivity index (χ2n) is 2.92. The highest BCUT2D eigenvalue weighted by atomic mass is 127. The van der Waals surface area contributed by atoms with Crippen LogP contribution in [0.1, 0.15) is 16.8 Å². The van der Waals surface area contributed by atoms with Crippen LogP contribution in [0.4, 0.5) is 8.78 Å². The summed E-state index contributed by atoms with van der Waals surface area (Å²) in [7, 11) is 0. The van der Waals surface area contributed by atoms with Crippen LogP contribution in [0, 0.1) is 11.6 Å². The number of alkyl halides is 1. The van der Waals surface area contributed by atoms with Crippen LogP contribution in [0.5, 0.6) is 0 Å². The monoisotopic (exact) mass is 325 g/mol. The van der Waals surface area contributed by atoms with E-state index in [0.717, 1.165) is 23.0 Å². The Balaban J connectivity index is 2.65. The standard InChI is InChI=1S/C10H10F2INO/c11-7-2-3-8(9(12)6-7)10(15)14-5-1-4-13/h2-3,6H,1,4-5H2,(H,14,15). The summed E-state index contributed by atoms with van der Waals surface area (Å²) in [4.78, 5) is 11.4. The number of halogens is 3. The maximum absolute atomic E-state index is 13.1. The van der Waals surface area contributed by atoms with Crippen molar-refractivity contribution in [1.82, 2.24) is 5.32 Å².